The van der Waals surface area contributed by atoms with Crippen molar-refractivity contribution in [2.75, 3.05) is 13.2 Å². The summed E-state index contributed by atoms with van der Waals surface area (Å²) >= 11 is 0. The van der Waals surface area contributed by atoms with E-state index in [1.807, 2.05) is 18.2 Å². The molecule has 94 valence electrons. The fraction of sp³-hybridized carbons (Fsp3) is 0.467. The van der Waals surface area contributed by atoms with Gasteiger partial charge in [-0.3, -0.25) is 0 Å². The van der Waals surface area contributed by atoms with Gasteiger partial charge in [-0.25, -0.2) is 0 Å². The van der Waals surface area contributed by atoms with Gasteiger partial charge in [0.1, 0.15) is 0 Å². The van der Waals surface area contributed by atoms with Gasteiger partial charge in [-0.15, -0.1) is 0 Å². The van der Waals surface area contributed by atoms with Crippen LogP contribution in [0.1, 0.15) is 31.7 Å². The Bertz CT molecular complexity index is 298. The first-order valence-corrected chi connectivity index (χ1v) is 6.32. The topological polar surface area (TPSA) is 29.5 Å². The van der Waals surface area contributed by atoms with Gasteiger partial charge >= 0.3 is 0 Å². The number of aliphatic hydroxyl groups excluding tert-OH is 1. The van der Waals surface area contributed by atoms with Gasteiger partial charge in [0.25, 0.3) is 0 Å². The van der Waals surface area contributed by atoms with E-state index < -0.39 is 0 Å². The quantitative estimate of drug-likeness (QED) is 0.748. The van der Waals surface area contributed by atoms with E-state index in [0.29, 0.717) is 6.61 Å². The molecule has 1 N–H and O–H groups in total. The molecule has 1 unspecified atom stereocenters. The summed E-state index contributed by atoms with van der Waals surface area (Å²) in [6.07, 6.45) is 7.60. The molecule has 0 heterocycles. The van der Waals surface area contributed by atoms with Crippen molar-refractivity contribution in [2.45, 2.75) is 32.3 Å². The largest absolute Gasteiger partial charge is 0.394 e. The number of hydrogen-bond acceptors (Lipinski definition) is 2. The van der Waals surface area contributed by atoms with Gasteiger partial charge in [0.2, 0.25) is 0 Å². The van der Waals surface area contributed by atoms with Crippen molar-refractivity contribution in [3.8, 4) is 0 Å². The lowest BCUT2D eigenvalue weighted by Crippen LogP contribution is -2.12. The highest BCUT2D eigenvalue weighted by atomic mass is 16.5. The Morgan fingerprint density at radius 2 is 2.06 bits per heavy atom. The molecule has 1 rings (SSSR count). The van der Waals surface area contributed by atoms with Crippen LogP contribution in [0.3, 0.4) is 0 Å². The highest BCUT2D eigenvalue weighted by Gasteiger charge is 2.03. The van der Waals surface area contributed by atoms with Crippen LogP contribution in [0, 0.1) is 0 Å². The maximum absolute atomic E-state index is 8.78. The molecule has 17 heavy (non-hydrogen) atoms. The molecular weight excluding hydrogens is 212 g/mol. The second-order valence-electron chi connectivity index (χ2n) is 4.04. The van der Waals surface area contributed by atoms with Crippen LogP contribution in [0.2, 0.25) is 0 Å². The lowest BCUT2D eigenvalue weighted by molar-refractivity contribution is 0.0496. The molecule has 0 spiro atoms. The zero-order valence-electron chi connectivity index (χ0n) is 10.5. The molecule has 0 fully saturated rings. The summed E-state index contributed by atoms with van der Waals surface area (Å²) in [4.78, 5) is 0. The van der Waals surface area contributed by atoms with Crippen molar-refractivity contribution in [1.82, 2.24) is 0 Å². The van der Waals surface area contributed by atoms with Crippen molar-refractivity contribution in [2.24, 2.45) is 0 Å². The van der Waals surface area contributed by atoms with Crippen molar-refractivity contribution in [3.63, 3.8) is 0 Å². The Kier molecular flexibility index (Phi) is 7.35. The van der Waals surface area contributed by atoms with Crippen LogP contribution in [0.4, 0.5) is 0 Å². The molecule has 0 radical (unpaired) electrons. The predicted molar refractivity (Wildman–Crippen MR) is 71.8 cm³/mol. The smallest absolute Gasteiger partial charge is 0.0760 e. The highest BCUT2D eigenvalue weighted by Crippen LogP contribution is 2.09. The minimum atomic E-state index is 0.0851. The van der Waals surface area contributed by atoms with Gasteiger partial charge in [0, 0.05) is 0 Å². The summed E-state index contributed by atoms with van der Waals surface area (Å²) < 4.78 is 5.58. The third kappa shape index (κ3) is 6.25. The Labute approximate surface area is 104 Å². The van der Waals surface area contributed by atoms with E-state index in [2.05, 4.69) is 31.2 Å². The van der Waals surface area contributed by atoms with Crippen molar-refractivity contribution in [1.29, 1.82) is 0 Å². The van der Waals surface area contributed by atoms with Crippen LogP contribution >= 0.6 is 0 Å². The number of benzene rings is 1. The Morgan fingerprint density at radius 3 is 2.71 bits per heavy atom. The van der Waals surface area contributed by atoms with Crippen LogP contribution in [0.15, 0.2) is 36.4 Å². The maximum Gasteiger partial charge on any atom is 0.0760 e. The van der Waals surface area contributed by atoms with Gasteiger partial charge in [-0.1, -0.05) is 62.2 Å². The first-order chi connectivity index (χ1) is 8.36. The summed E-state index contributed by atoms with van der Waals surface area (Å²) in [7, 11) is 0. The van der Waals surface area contributed by atoms with E-state index in [-0.39, 0.29) is 12.7 Å². The zero-order chi connectivity index (χ0) is 12.3. The predicted octanol–water partition coefficient (Wildman–Crippen LogP) is 3.27. The number of rotatable bonds is 8. The lowest BCUT2D eigenvalue weighted by Gasteiger charge is -2.12. The van der Waals surface area contributed by atoms with Gasteiger partial charge in [-0.2, -0.15) is 0 Å². The average molecular weight is 234 g/mol. The normalized spacial score (nSPS) is 13.1. The number of aliphatic hydroxyl groups is 1. The molecule has 1 atom stereocenters. The Hall–Kier alpha value is -1.12. The number of unbranched alkanes of at least 4 members (excludes halogenated alkanes) is 1. The van der Waals surface area contributed by atoms with E-state index in [1.165, 1.54) is 5.56 Å². The molecule has 0 aliphatic rings. The van der Waals surface area contributed by atoms with E-state index in [1.54, 1.807) is 0 Å². The van der Waals surface area contributed by atoms with Gasteiger partial charge in [0.05, 0.1) is 19.3 Å². The molecule has 0 amide bonds. The molecule has 0 bridgehead atoms. The molecule has 0 aliphatic carbocycles. The first kappa shape index (κ1) is 13.9. The SMILES string of the molecule is CCCCC(/C=C/c1ccccc1)OCCO. The third-order valence-corrected chi connectivity index (χ3v) is 2.57. The first-order valence-electron chi connectivity index (χ1n) is 6.32. The minimum absolute atomic E-state index is 0.0851. The molecule has 0 saturated carbocycles. The standard InChI is InChI=1S/C15H22O2/c1-2-3-9-15(17-13-12-16)11-10-14-7-5-4-6-8-14/h4-8,10-11,15-16H,2-3,9,12-13H2,1H3/b11-10+. The number of ether oxygens (including phenoxy) is 1. The van der Waals surface area contributed by atoms with E-state index >= 15 is 0 Å². The molecular formula is C15H22O2. The van der Waals surface area contributed by atoms with Gasteiger partial charge in [-0.05, 0) is 12.0 Å². The molecule has 0 aromatic heterocycles. The average Bonchev–Trinajstić information content (AvgIpc) is 2.39. The fourth-order valence-corrected chi connectivity index (χ4v) is 1.63. The summed E-state index contributed by atoms with van der Waals surface area (Å²) in [5.74, 6) is 0. The highest BCUT2D eigenvalue weighted by molar-refractivity contribution is 5.49. The van der Waals surface area contributed by atoms with Gasteiger partial charge < -0.3 is 9.84 Å². The monoisotopic (exact) mass is 234 g/mol. The molecule has 1 aromatic rings. The molecule has 0 aliphatic heterocycles. The van der Waals surface area contributed by atoms with Crippen LogP contribution < -0.4 is 0 Å². The molecule has 2 nitrogen and oxygen atoms in total. The maximum atomic E-state index is 8.78. The molecule has 1 aromatic carbocycles. The lowest BCUT2D eigenvalue weighted by atomic mass is 10.1. The van der Waals surface area contributed by atoms with E-state index in [4.69, 9.17) is 9.84 Å². The zero-order valence-corrected chi connectivity index (χ0v) is 10.5. The van der Waals surface area contributed by atoms with Crippen LogP contribution in [-0.4, -0.2) is 24.4 Å². The van der Waals surface area contributed by atoms with Crippen LogP contribution in [0.25, 0.3) is 6.08 Å². The number of hydrogen-bond donors (Lipinski definition) is 1. The molecule has 2 heteroatoms. The van der Waals surface area contributed by atoms with Crippen LogP contribution in [0.5, 0.6) is 0 Å². The fourth-order valence-electron chi connectivity index (χ4n) is 1.63. The minimum Gasteiger partial charge on any atom is -0.394 e. The second-order valence-corrected chi connectivity index (χ2v) is 4.04. The van der Waals surface area contributed by atoms with Crippen molar-refractivity contribution < 1.29 is 9.84 Å². The summed E-state index contributed by atoms with van der Waals surface area (Å²) in [6.45, 7) is 2.67. The van der Waals surface area contributed by atoms with E-state index in [0.717, 1.165) is 19.3 Å². The summed E-state index contributed by atoms with van der Waals surface area (Å²) in [6, 6.07) is 10.2. The molecule has 0 saturated heterocycles. The third-order valence-electron chi connectivity index (χ3n) is 2.57. The van der Waals surface area contributed by atoms with Gasteiger partial charge in [0.15, 0.2) is 0 Å². The van der Waals surface area contributed by atoms with E-state index in [9.17, 15) is 0 Å². The van der Waals surface area contributed by atoms with Crippen molar-refractivity contribution in [3.05, 3.63) is 42.0 Å². The second kappa shape index (κ2) is 8.97. The van der Waals surface area contributed by atoms with Crippen molar-refractivity contribution >= 4 is 6.08 Å². The summed E-state index contributed by atoms with van der Waals surface area (Å²) in [5.41, 5.74) is 1.18. The summed E-state index contributed by atoms with van der Waals surface area (Å²) in [5, 5.41) is 8.78. The Morgan fingerprint density at radius 1 is 1.29 bits per heavy atom. The van der Waals surface area contributed by atoms with Crippen LogP contribution in [-0.2, 0) is 4.74 Å². The Balaban J connectivity index is 2.49.